The minimum Gasteiger partial charge on any atom is -0.444 e. The molecule has 0 saturated carbocycles. The molecule has 0 aromatic carbocycles. The molecule has 13 heteroatoms. The number of fused-ring (bicyclic) bond motifs is 1. The van der Waals surface area contributed by atoms with Gasteiger partial charge in [0.2, 0.25) is 0 Å². The first kappa shape index (κ1) is 32.3. The van der Waals surface area contributed by atoms with E-state index in [9.17, 15) is 18.0 Å². The smallest absolute Gasteiger partial charge is 0.410 e. The first-order valence-electron chi connectivity index (χ1n) is 15.7. The van der Waals surface area contributed by atoms with Gasteiger partial charge in [0.25, 0.3) is 5.91 Å². The Hall–Kier alpha value is -4.65. The molecule has 2 amide bonds. The van der Waals surface area contributed by atoms with E-state index in [1.165, 1.54) is 18.5 Å². The molecule has 47 heavy (non-hydrogen) atoms. The molecule has 1 N–H and O–H groups in total. The Morgan fingerprint density at radius 2 is 1.70 bits per heavy atom. The summed E-state index contributed by atoms with van der Waals surface area (Å²) in [5.41, 5.74) is 2.56. The van der Waals surface area contributed by atoms with Crippen LogP contribution < -0.4 is 10.2 Å². The summed E-state index contributed by atoms with van der Waals surface area (Å²) < 4.78 is 29.3. The van der Waals surface area contributed by atoms with E-state index in [1.54, 1.807) is 6.20 Å². The van der Waals surface area contributed by atoms with Gasteiger partial charge in [0.1, 0.15) is 11.4 Å². The van der Waals surface area contributed by atoms with Crippen molar-refractivity contribution in [3.8, 4) is 11.4 Å². The highest BCUT2D eigenvalue weighted by Gasteiger charge is 2.43. The Morgan fingerprint density at radius 1 is 0.957 bits per heavy atom. The lowest BCUT2D eigenvalue weighted by Gasteiger charge is -2.39. The summed E-state index contributed by atoms with van der Waals surface area (Å²) in [6.45, 7) is 9.00. The Balaban J connectivity index is 1.11. The minimum absolute atomic E-state index is 0.0203. The van der Waals surface area contributed by atoms with Crippen LogP contribution in [0.15, 0.2) is 66.0 Å². The van der Waals surface area contributed by atoms with Crippen LogP contribution >= 0.6 is 0 Å². The molecule has 2 saturated heterocycles. The average molecular weight is 658 g/mol. The molecule has 2 aliphatic heterocycles. The molecule has 246 valence electrons. The lowest BCUT2D eigenvalue weighted by Crippen LogP contribution is -2.43. The minimum atomic E-state index is -3.49. The number of rotatable bonds is 6. The number of ether oxygens (including phenoxy) is 1. The van der Waals surface area contributed by atoms with Crippen LogP contribution in [-0.2, 0) is 21.1 Å². The molecule has 0 unspecified atom stereocenters. The summed E-state index contributed by atoms with van der Waals surface area (Å²) in [6, 6.07) is 13.0. The van der Waals surface area contributed by atoms with Crippen LogP contribution in [0.5, 0.6) is 0 Å². The molecular formula is C34H39N7O5S. The normalized spacial score (nSPS) is 16.4. The molecule has 0 bridgehead atoms. The van der Waals surface area contributed by atoms with Gasteiger partial charge in [0.05, 0.1) is 39.6 Å². The zero-order chi connectivity index (χ0) is 33.4. The van der Waals surface area contributed by atoms with Gasteiger partial charge < -0.3 is 19.9 Å². The third-order valence-electron chi connectivity index (χ3n) is 8.70. The Kier molecular flexibility index (Phi) is 8.60. The fraction of sp³-hybridized carbons (Fsp3) is 0.412. The second kappa shape index (κ2) is 12.5. The highest BCUT2D eigenvalue weighted by molar-refractivity contribution is 7.90. The Labute approximate surface area is 274 Å². The van der Waals surface area contributed by atoms with E-state index in [4.69, 9.17) is 14.7 Å². The lowest BCUT2D eigenvalue weighted by molar-refractivity contribution is 0.0266. The quantitative estimate of drug-likeness (QED) is 0.311. The number of piperidine rings is 1. The molecule has 0 atom stereocenters. The monoisotopic (exact) mass is 657 g/mol. The van der Waals surface area contributed by atoms with Crippen LogP contribution in [0.25, 0.3) is 22.3 Å². The van der Waals surface area contributed by atoms with Gasteiger partial charge in [-0.05, 0) is 81.8 Å². The van der Waals surface area contributed by atoms with E-state index in [2.05, 4.69) is 20.2 Å². The molecule has 0 radical (unpaired) electrons. The molecule has 6 rings (SSSR count). The zero-order valence-electron chi connectivity index (χ0n) is 27.1. The van der Waals surface area contributed by atoms with Gasteiger partial charge in [-0.15, -0.1) is 0 Å². The van der Waals surface area contributed by atoms with Crippen molar-refractivity contribution in [2.75, 3.05) is 37.3 Å². The standard InChI is InChI=1S/C34H39N7O5S/c1-33(2,3)46-32(43)41-15-12-34(22-41)10-13-40(14-11-34)30-7-5-6-27(39-30)28-9-8-23-19-36-25(17-29(23)38-28)20-37-31(42)24-16-26(21-35-18-24)47(4,44)45/h5-9,16-19,21H,10-15,20,22H2,1-4H3,(H,37,42). The number of carbonyl (C=O) groups excluding carboxylic acids is 2. The summed E-state index contributed by atoms with van der Waals surface area (Å²) in [6.07, 6.45) is 8.05. The van der Waals surface area contributed by atoms with Crippen LogP contribution in [0.1, 0.15) is 56.1 Å². The van der Waals surface area contributed by atoms with Gasteiger partial charge in [-0.2, -0.15) is 0 Å². The summed E-state index contributed by atoms with van der Waals surface area (Å²) in [7, 11) is -3.49. The van der Waals surface area contributed by atoms with Gasteiger partial charge in [-0.25, -0.2) is 23.2 Å². The van der Waals surface area contributed by atoms with E-state index in [-0.39, 0.29) is 28.5 Å². The number of nitrogens with zero attached hydrogens (tertiary/aromatic N) is 6. The molecule has 2 fully saturated rings. The third kappa shape index (κ3) is 7.51. The third-order valence-corrected chi connectivity index (χ3v) is 9.78. The zero-order valence-corrected chi connectivity index (χ0v) is 27.9. The van der Waals surface area contributed by atoms with Gasteiger partial charge >= 0.3 is 6.09 Å². The molecular weight excluding hydrogens is 618 g/mol. The predicted octanol–water partition coefficient (Wildman–Crippen LogP) is 4.65. The molecule has 1 spiro atoms. The van der Waals surface area contributed by atoms with E-state index in [1.807, 2.05) is 62.1 Å². The van der Waals surface area contributed by atoms with Crippen molar-refractivity contribution >= 4 is 38.6 Å². The SMILES string of the molecule is CC(C)(C)OC(=O)N1CCC2(CCN(c3cccc(-c4ccc5cnc(CNC(=O)c6cncc(S(C)(=O)=O)c6)cc5n4)n3)CC2)C1. The van der Waals surface area contributed by atoms with E-state index >= 15 is 0 Å². The Bertz CT molecular complexity index is 1930. The lowest BCUT2D eigenvalue weighted by atomic mass is 9.78. The number of carbonyl (C=O) groups is 2. The maximum Gasteiger partial charge on any atom is 0.410 e. The highest BCUT2D eigenvalue weighted by Crippen LogP contribution is 2.41. The number of nitrogens with one attached hydrogen (secondary N) is 1. The van der Waals surface area contributed by atoms with Gasteiger partial charge in [-0.3, -0.25) is 14.8 Å². The first-order chi connectivity index (χ1) is 22.3. The van der Waals surface area contributed by atoms with E-state index < -0.39 is 21.3 Å². The largest absolute Gasteiger partial charge is 0.444 e. The van der Waals surface area contributed by atoms with E-state index in [0.29, 0.717) is 11.2 Å². The Morgan fingerprint density at radius 3 is 2.45 bits per heavy atom. The summed E-state index contributed by atoms with van der Waals surface area (Å²) >= 11 is 0. The molecule has 4 aromatic heterocycles. The second-order valence-corrected chi connectivity index (χ2v) is 15.5. The van der Waals surface area contributed by atoms with E-state index in [0.717, 1.165) is 74.3 Å². The molecule has 0 aliphatic carbocycles. The fourth-order valence-corrected chi connectivity index (χ4v) is 6.69. The highest BCUT2D eigenvalue weighted by atomic mass is 32.2. The maximum absolute atomic E-state index is 12.7. The predicted molar refractivity (Wildman–Crippen MR) is 178 cm³/mol. The van der Waals surface area contributed by atoms with Gasteiger partial charge in [0.15, 0.2) is 9.84 Å². The van der Waals surface area contributed by atoms with Crippen molar-refractivity contribution in [3.63, 3.8) is 0 Å². The topological polar surface area (TPSA) is 148 Å². The first-order valence-corrected chi connectivity index (χ1v) is 17.6. The number of sulfone groups is 1. The summed E-state index contributed by atoms with van der Waals surface area (Å²) in [5.74, 6) is 0.443. The second-order valence-electron chi connectivity index (χ2n) is 13.4. The number of anilines is 1. The number of hydrogen-bond acceptors (Lipinski definition) is 10. The number of pyridine rings is 4. The van der Waals surface area contributed by atoms with Gasteiger partial charge in [0, 0.05) is 56.4 Å². The molecule has 12 nitrogen and oxygen atoms in total. The van der Waals surface area contributed by atoms with Crippen LogP contribution in [-0.4, -0.2) is 83.3 Å². The summed E-state index contributed by atoms with van der Waals surface area (Å²) in [4.78, 5) is 47.6. The fourth-order valence-electron chi connectivity index (χ4n) is 6.09. The van der Waals surface area contributed by atoms with Crippen molar-refractivity contribution < 1.29 is 22.7 Å². The van der Waals surface area contributed by atoms with Crippen molar-refractivity contribution in [2.45, 2.75) is 57.1 Å². The number of amides is 2. The van der Waals surface area contributed by atoms with Crippen LogP contribution in [0.4, 0.5) is 10.6 Å². The molecule has 2 aliphatic rings. The van der Waals surface area contributed by atoms with Crippen LogP contribution in [0, 0.1) is 5.41 Å². The summed E-state index contributed by atoms with van der Waals surface area (Å²) in [5, 5.41) is 3.63. The van der Waals surface area contributed by atoms with Crippen molar-refractivity contribution in [2.24, 2.45) is 5.41 Å². The van der Waals surface area contributed by atoms with Gasteiger partial charge in [-0.1, -0.05) is 6.07 Å². The number of hydrogen-bond donors (Lipinski definition) is 1. The molecule has 6 heterocycles. The average Bonchev–Trinajstić information content (AvgIpc) is 3.46. The van der Waals surface area contributed by atoms with Crippen LogP contribution in [0.3, 0.4) is 0 Å². The molecule has 4 aromatic rings. The maximum atomic E-state index is 12.7. The van der Waals surface area contributed by atoms with Crippen molar-refractivity contribution in [3.05, 3.63) is 72.3 Å². The van der Waals surface area contributed by atoms with Crippen molar-refractivity contribution in [1.82, 2.24) is 30.2 Å². The van der Waals surface area contributed by atoms with Crippen LogP contribution in [0.2, 0.25) is 0 Å². The number of aromatic nitrogens is 4. The number of likely N-dealkylation sites (tertiary alicyclic amines) is 1. The van der Waals surface area contributed by atoms with Crippen molar-refractivity contribution in [1.29, 1.82) is 0 Å².